The van der Waals surface area contributed by atoms with Crippen LogP contribution in [0.25, 0.3) is 0 Å². The minimum atomic E-state index is -0.0861. The molecule has 0 spiro atoms. The van der Waals surface area contributed by atoms with Crippen molar-refractivity contribution in [3.05, 3.63) is 59.7 Å². The van der Waals surface area contributed by atoms with Crippen LogP contribution < -0.4 is 14.8 Å². The highest BCUT2D eigenvalue weighted by molar-refractivity contribution is 5.95. The molecule has 0 fully saturated rings. The summed E-state index contributed by atoms with van der Waals surface area (Å²) in [6.07, 6.45) is 1.38. The Morgan fingerprint density at radius 3 is 2.59 bits per heavy atom. The van der Waals surface area contributed by atoms with Crippen molar-refractivity contribution in [2.45, 2.75) is 25.8 Å². The minimum absolute atomic E-state index is 0.0443. The Labute approximate surface area is 159 Å². The fourth-order valence-corrected chi connectivity index (χ4v) is 3.13. The molecule has 6 heteroatoms. The lowest BCUT2D eigenvalue weighted by Gasteiger charge is -2.29. The summed E-state index contributed by atoms with van der Waals surface area (Å²) in [7, 11) is 1.80. The smallest absolute Gasteiger partial charge is 0.253 e. The normalized spacial score (nSPS) is 13.1. The van der Waals surface area contributed by atoms with Crippen molar-refractivity contribution in [2.75, 3.05) is 20.4 Å². The average molecular weight is 368 g/mol. The van der Waals surface area contributed by atoms with Crippen molar-refractivity contribution in [1.29, 1.82) is 0 Å². The first kappa shape index (κ1) is 18.8. The zero-order valence-electron chi connectivity index (χ0n) is 15.6. The van der Waals surface area contributed by atoms with Gasteiger partial charge in [-0.05, 0) is 36.6 Å². The number of likely N-dealkylation sites (N-methyl/N-ethyl adjacent to an activating group) is 1. The zero-order valence-corrected chi connectivity index (χ0v) is 15.6. The van der Waals surface area contributed by atoms with E-state index in [1.807, 2.05) is 30.3 Å². The Balaban J connectivity index is 1.74. The number of nitrogens with one attached hydrogen (secondary N) is 1. The number of carbonyl (C=O) groups is 2. The molecule has 6 nitrogen and oxygen atoms in total. The number of ether oxygens (including phenoxy) is 2. The van der Waals surface area contributed by atoms with E-state index in [1.165, 1.54) is 6.92 Å². The first-order valence-corrected chi connectivity index (χ1v) is 9.00. The molecule has 2 aromatic carbocycles. The van der Waals surface area contributed by atoms with Crippen LogP contribution in [0.15, 0.2) is 48.5 Å². The molecule has 1 aliphatic rings. The highest BCUT2D eigenvalue weighted by atomic mass is 16.7. The molecule has 1 atom stereocenters. The summed E-state index contributed by atoms with van der Waals surface area (Å²) in [4.78, 5) is 26.0. The molecule has 0 radical (unpaired) electrons. The van der Waals surface area contributed by atoms with Crippen LogP contribution in [0.3, 0.4) is 0 Å². The molecular weight excluding hydrogens is 344 g/mol. The Morgan fingerprint density at radius 2 is 1.85 bits per heavy atom. The fourth-order valence-electron chi connectivity index (χ4n) is 3.13. The van der Waals surface area contributed by atoms with Crippen molar-refractivity contribution < 1.29 is 19.1 Å². The second-order valence-corrected chi connectivity index (χ2v) is 6.60. The summed E-state index contributed by atoms with van der Waals surface area (Å²) in [5.74, 6) is 1.09. The summed E-state index contributed by atoms with van der Waals surface area (Å²) < 4.78 is 10.7. The van der Waals surface area contributed by atoms with Gasteiger partial charge in [-0.3, -0.25) is 9.59 Å². The Bertz CT molecular complexity index is 807. The maximum Gasteiger partial charge on any atom is 0.253 e. The van der Waals surface area contributed by atoms with Gasteiger partial charge in [0.1, 0.15) is 0 Å². The lowest BCUT2D eigenvalue weighted by atomic mass is 10.0. The summed E-state index contributed by atoms with van der Waals surface area (Å²) in [5.41, 5.74) is 1.70. The van der Waals surface area contributed by atoms with Crippen molar-refractivity contribution in [1.82, 2.24) is 10.2 Å². The van der Waals surface area contributed by atoms with Gasteiger partial charge in [-0.2, -0.15) is 0 Å². The van der Waals surface area contributed by atoms with Crippen molar-refractivity contribution in [3.8, 4) is 11.5 Å². The maximum absolute atomic E-state index is 13.0. The van der Waals surface area contributed by atoms with Gasteiger partial charge in [0.05, 0.1) is 0 Å². The van der Waals surface area contributed by atoms with E-state index < -0.39 is 0 Å². The standard InChI is InChI=1S/C21H24N2O4/c1-15(24)22-11-10-18(12-16-6-4-3-5-7-16)23(2)21(25)17-8-9-19-20(13-17)27-14-26-19/h3-9,13,18H,10-12,14H2,1-2H3,(H,22,24). The van der Waals surface area contributed by atoms with Gasteiger partial charge in [0.25, 0.3) is 5.91 Å². The van der Waals surface area contributed by atoms with Crippen molar-refractivity contribution >= 4 is 11.8 Å². The molecule has 1 heterocycles. The number of hydrogen-bond donors (Lipinski definition) is 1. The van der Waals surface area contributed by atoms with Gasteiger partial charge >= 0.3 is 0 Å². The molecule has 27 heavy (non-hydrogen) atoms. The second-order valence-electron chi connectivity index (χ2n) is 6.60. The van der Waals surface area contributed by atoms with Crippen LogP contribution in [-0.4, -0.2) is 43.1 Å². The topological polar surface area (TPSA) is 67.9 Å². The molecule has 0 saturated heterocycles. The highest BCUT2D eigenvalue weighted by Crippen LogP contribution is 2.33. The largest absolute Gasteiger partial charge is 0.454 e. The van der Waals surface area contributed by atoms with Crippen LogP contribution in [0.1, 0.15) is 29.3 Å². The Hall–Kier alpha value is -3.02. The molecular formula is C21H24N2O4. The molecule has 0 aliphatic carbocycles. The third-order valence-electron chi connectivity index (χ3n) is 4.65. The van der Waals surface area contributed by atoms with E-state index in [4.69, 9.17) is 9.47 Å². The second kappa shape index (κ2) is 8.58. The van der Waals surface area contributed by atoms with Crippen LogP contribution in [0.2, 0.25) is 0 Å². The van der Waals surface area contributed by atoms with E-state index >= 15 is 0 Å². The van der Waals surface area contributed by atoms with E-state index in [0.29, 0.717) is 36.4 Å². The average Bonchev–Trinajstić information content (AvgIpc) is 3.14. The number of hydrogen-bond acceptors (Lipinski definition) is 4. The Kier molecular flexibility index (Phi) is 5.96. The summed E-state index contributed by atoms with van der Waals surface area (Å²) in [6.45, 7) is 2.19. The predicted octanol–water partition coefficient (Wildman–Crippen LogP) is 2.62. The molecule has 1 aliphatic heterocycles. The monoisotopic (exact) mass is 368 g/mol. The number of benzene rings is 2. The molecule has 142 valence electrons. The van der Waals surface area contributed by atoms with Gasteiger partial charge in [-0.1, -0.05) is 30.3 Å². The number of rotatable bonds is 7. The van der Waals surface area contributed by atoms with Crippen LogP contribution in [0.5, 0.6) is 11.5 Å². The zero-order chi connectivity index (χ0) is 19.2. The van der Waals surface area contributed by atoms with Crippen molar-refractivity contribution in [3.63, 3.8) is 0 Å². The maximum atomic E-state index is 13.0. The Morgan fingerprint density at radius 1 is 1.11 bits per heavy atom. The predicted molar refractivity (Wildman–Crippen MR) is 102 cm³/mol. The van der Waals surface area contributed by atoms with Crippen LogP contribution in [-0.2, 0) is 11.2 Å². The van der Waals surface area contributed by atoms with Gasteiger partial charge in [-0.25, -0.2) is 0 Å². The minimum Gasteiger partial charge on any atom is -0.454 e. The third kappa shape index (κ3) is 4.78. The van der Waals surface area contributed by atoms with E-state index in [1.54, 1.807) is 30.1 Å². The van der Waals surface area contributed by atoms with Gasteiger partial charge in [0.2, 0.25) is 12.7 Å². The van der Waals surface area contributed by atoms with E-state index in [0.717, 1.165) is 5.56 Å². The van der Waals surface area contributed by atoms with Crippen molar-refractivity contribution in [2.24, 2.45) is 0 Å². The summed E-state index contributed by atoms with van der Waals surface area (Å²) in [5, 5.41) is 2.82. The number of carbonyl (C=O) groups excluding carboxylic acids is 2. The summed E-state index contributed by atoms with van der Waals surface area (Å²) in [6, 6.07) is 15.2. The third-order valence-corrected chi connectivity index (χ3v) is 4.65. The molecule has 2 aromatic rings. The quantitative estimate of drug-likeness (QED) is 0.816. The van der Waals surface area contributed by atoms with E-state index in [-0.39, 0.29) is 24.6 Å². The molecule has 3 rings (SSSR count). The lowest BCUT2D eigenvalue weighted by molar-refractivity contribution is -0.118. The molecule has 0 bridgehead atoms. The van der Waals surface area contributed by atoms with Crippen LogP contribution in [0.4, 0.5) is 0 Å². The van der Waals surface area contributed by atoms with Gasteiger partial charge in [-0.15, -0.1) is 0 Å². The molecule has 0 saturated carbocycles. The highest BCUT2D eigenvalue weighted by Gasteiger charge is 2.23. The molecule has 1 N–H and O–H groups in total. The molecule has 0 aromatic heterocycles. The van der Waals surface area contributed by atoms with Gasteiger partial charge < -0.3 is 19.7 Å². The number of fused-ring (bicyclic) bond motifs is 1. The fraction of sp³-hybridized carbons (Fsp3) is 0.333. The molecule has 2 amide bonds. The number of nitrogens with zero attached hydrogens (tertiary/aromatic N) is 1. The van der Waals surface area contributed by atoms with E-state index in [9.17, 15) is 9.59 Å². The van der Waals surface area contributed by atoms with Crippen LogP contribution in [0, 0.1) is 0 Å². The van der Waals surface area contributed by atoms with Gasteiger partial charge in [0, 0.05) is 32.1 Å². The van der Waals surface area contributed by atoms with Crippen LogP contribution >= 0.6 is 0 Å². The lowest BCUT2D eigenvalue weighted by Crippen LogP contribution is -2.40. The molecule has 1 unspecified atom stereocenters. The SMILES string of the molecule is CC(=O)NCCC(Cc1ccccc1)N(C)C(=O)c1ccc2c(c1)OCO2. The van der Waals surface area contributed by atoms with Gasteiger partial charge in [0.15, 0.2) is 11.5 Å². The first-order chi connectivity index (χ1) is 13.0. The number of amides is 2. The van der Waals surface area contributed by atoms with E-state index in [2.05, 4.69) is 5.32 Å². The summed E-state index contributed by atoms with van der Waals surface area (Å²) >= 11 is 0. The first-order valence-electron chi connectivity index (χ1n) is 9.00.